The molecule has 1 aliphatic rings. The van der Waals surface area contributed by atoms with Gasteiger partial charge in [0.2, 0.25) is 0 Å². The smallest absolute Gasteiger partial charge is 0.406 e. The average molecular weight is 637 g/mol. The van der Waals surface area contributed by atoms with Gasteiger partial charge in [-0.15, -0.1) is 18.3 Å². The molecule has 0 bridgehead atoms. The Kier molecular flexibility index (Phi) is 10.1. The molecule has 4 aromatic rings. The highest BCUT2D eigenvalue weighted by Gasteiger charge is 2.31. The van der Waals surface area contributed by atoms with E-state index in [1.807, 2.05) is 24.3 Å². The van der Waals surface area contributed by atoms with Crippen LogP contribution in [-0.2, 0) is 12.8 Å². The maximum absolute atomic E-state index is 12.8. The molecule has 5 rings (SSSR count). The number of urea groups is 1. The molecule has 12 heteroatoms. The molecule has 3 aromatic carbocycles. The van der Waals surface area contributed by atoms with E-state index in [0.29, 0.717) is 18.1 Å². The molecule has 0 saturated carbocycles. The normalized spacial score (nSPS) is 15.0. The number of ether oxygens (including phenoxy) is 1. The molecule has 1 unspecified atom stereocenters. The Morgan fingerprint density at radius 1 is 1.11 bits per heavy atom. The number of hydrogen-bond donors (Lipinski definition) is 1. The van der Waals surface area contributed by atoms with E-state index in [1.165, 1.54) is 46.4 Å². The molecule has 1 saturated heterocycles. The minimum absolute atomic E-state index is 0.182. The van der Waals surface area contributed by atoms with Crippen molar-refractivity contribution in [1.82, 2.24) is 20.1 Å². The number of carbonyl (C=O) groups is 1. The number of benzene rings is 3. The Balaban J connectivity index is 1.14. The van der Waals surface area contributed by atoms with Crippen molar-refractivity contribution in [2.75, 3.05) is 23.7 Å². The zero-order valence-corrected chi connectivity index (χ0v) is 26.2. The second-order valence-electron chi connectivity index (χ2n) is 11.0. The van der Waals surface area contributed by atoms with E-state index in [9.17, 15) is 18.0 Å². The molecule has 1 fully saturated rings. The molecule has 45 heavy (non-hydrogen) atoms. The van der Waals surface area contributed by atoms with Crippen LogP contribution in [0.4, 0.5) is 23.7 Å². The minimum atomic E-state index is -4.74. The number of halogens is 3. The number of carbonyl (C=O) groups excluding carboxylic acids is 1. The van der Waals surface area contributed by atoms with Gasteiger partial charge < -0.3 is 15.0 Å². The van der Waals surface area contributed by atoms with Crippen LogP contribution in [0, 0.1) is 12.8 Å². The number of aryl methyl sites for hydroxylation is 2. The van der Waals surface area contributed by atoms with Gasteiger partial charge in [-0.2, -0.15) is 4.99 Å². The maximum Gasteiger partial charge on any atom is 0.573 e. The van der Waals surface area contributed by atoms with E-state index in [1.54, 1.807) is 11.8 Å². The second-order valence-corrected chi connectivity index (χ2v) is 12.1. The highest BCUT2D eigenvalue weighted by Crippen LogP contribution is 2.31. The molecule has 1 atom stereocenters. The van der Waals surface area contributed by atoms with Crippen molar-refractivity contribution in [3.05, 3.63) is 89.7 Å². The number of amides is 2. The topological polar surface area (TPSA) is 84.6 Å². The fraction of sp³-hybridized carbons (Fsp3) is 0.333. The summed E-state index contributed by atoms with van der Waals surface area (Å²) in [4.78, 5) is 23.7. The molecule has 0 aliphatic carbocycles. The molecule has 2 amide bonds. The molecule has 0 radical (unpaired) electrons. The van der Waals surface area contributed by atoms with Crippen molar-refractivity contribution in [3.8, 4) is 22.8 Å². The fourth-order valence-corrected chi connectivity index (χ4v) is 6.05. The third kappa shape index (κ3) is 8.65. The SMILES string of the molecule is CCCc1ccc(C)cc1N1CCS/C1=N\C(=O)NCC(C)Cc1ccc(-c2ncn(-c3ccc(OC(F)(F)F)cc3)n2)cc1. The van der Waals surface area contributed by atoms with E-state index in [-0.39, 0.29) is 17.7 Å². The van der Waals surface area contributed by atoms with Crippen LogP contribution >= 0.6 is 11.8 Å². The van der Waals surface area contributed by atoms with Gasteiger partial charge in [0.05, 0.1) is 5.69 Å². The minimum Gasteiger partial charge on any atom is -0.406 e. The van der Waals surface area contributed by atoms with Crippen molar-refractivity contribution < 1.29 is 22.7 Å². The monoisotopic (exact) mass is 636 g/mol. The first-order chi connectivity index (χ1) is 21.6. The lowest BCUT2D eigenvalue weighted by atomic mass is 10.00. The number of hydrogen-bond acceptors (Lipinski definition) is 5. The van der Waals surface area contributed by atoms with Crippen molar-refractivity contribution in [3.63, 3.8) is 0 Å². The number of nitrogens with zero attached hydrogens (tertiary/aromatic N) is 5. The molecule has 1 N–H and O–H groups in total. The van der Waals surface area contributed by atoms with E-state index >= 15 is 0 Å². The summed E-state index contributed by atoms with van der Waals surface area (Å²) in [6.45, 7) is 7.65. The van der Waals surface area contributed by atoms with Crippen LogP contribution in [0.2, 0.25) is 0 Å². The maximum atomic E-state index is 12.8. The van der Waals surface area contributed by atoms with Gasteiger partial charge >= 0.3 is 12.4 Å². The first kappa shape index (κ1) is 32.1. The number of thioether (sulfide) groups is 1. The zero-order chi connectivity index (χ0) is 32.0. The lowest BCUT2D eigenvalue weighted by Gasteiger charge is -2.22. The Bertz CT molecular complexity index is 1640. The Morgan fingerprint density at radius 3 is 2.58 bits per heavy atom. The van der Waals surface area contributed by atoms with Gasteiger partial charge in [-0.3, -0.25) is 0 Å². The summed E-state index contributed by atoms with van der Waals surface area (Å²) >= 11 is 1.61. The van der Waals surface area contributed by atoms with Crippen LogP contribution in [0.15, 0.2) is 78.0 Å². The molecule has 0 spiro atoms. The Hall–Kier alpha value is -4.32. The Labute approximate surface area is 264 Å². The molecular formula is C33H35F3N6O2S. The lowest BCUT2D eigenvalue weighted by molar-refractivity contribution is -0.274. The van der Waals surface area contributed by atoms with E-state index < -0.39 is 6.36 Å². The number of nitrogens with one attached hydrogen (secondary N) is 1. The van der Waals surface area contributed by atoms with Crippen LogP contribution in [-0.4, -0.2) is 51.2 Å². The first-order valence-electron chi connectivity index (χ1n) is 14.8. The van der Waals surface area contributed by atoms with Crippen molar-refractivity contribution in [2.24, 2.45) is 10.9 Å². The van der Waals surface area contributed by atoms with Gasteiger partial charge in [0.15, 0.2) is 11.0 Å². The van der Waals surface area contributed by atoms with E-state index in [0.717, 1.165) is 53.5 Å². The van der Waals surface area contributed by atoms with Crippen LogP contribution in [0.25, 0.3) is 17.1 Å². The molecular weight excluding hydrogens is 601 g/mol. The van der Waals surface area contributed by atoms with Gasteiger partial charge in [0, 0.05) is 30.1 Å². The number of aromatic nitrogens is 3. The summed E-state index contributed by atoms with van der Waals surface area (Å²) in [5.41, 5.74) is 6.06. The quantitative estimate of drug-likeness (QED) is 0.193. The van der Waals surface area contributed by atoms with Crippen LogP contribution < -0.4 is 15.0 Å². The van der Waals surface area contributed by atoms with Gasteiger partial charge in [-0.05, 0) is 72.7 Å². The highest BCUT2D eigenvalue weighted by molar-refractivity contribution is 8.14. The van der Waals surface area contributed by atoms with Crippen LogP contribution in [0.5, 0.6) is 5.75 Å². The number of amidine groups is 1. The molecule has 2 heterocycles. The van der Waals surface area contributed by atoms with Gasteiger partial charge in [0.1, 0.15) is 12.1 Å². The van der Waals surface area contributed by atoms with Gasteiger partial charge in [0.25, 0.3) is 0 Å². The summed E-state index contributed by atoms with van der Waals surface area (Å²) in [7, 11) is 0. The van der Waals surface area contributed by atoms with Crippen molar-refractivity contribution in [1.29, 1.82) is 0 Å². The average Bonchev–Trinajstić information content (AvgIpc) is 3.68. The number of aliphatic imine (C=N–C) groups is 1. The van der Waals surface area contributed by atoms with Crippen molar-refractivity contribution >= 4 is 28.6 Å². The molecule has 8 nitrogen and oxygen atoms in total. The van der Waals surface area contributed by atoms with Crippen LogP contribution in [0.3, 0.4) is 0 Å². The predicted molar refractivity (Wildman–Crippen MR) is 172 cm³/mol. The molecule has 1 aliphatic heterocycles. The molecule has 1 aromatic heterocycles. The lowest BCUT2D eigenvalue weighted by Crippen LogP contribution is -2.30. The second kappa shape index (κ2) is 14.2. The number of rotatable bonds is 10. The van der Waals surface area contributed by atoms with Gasteiger partial charge in [-0.25, -0.2) is 14.5 Å². The highest BCUT2D eigenvalue weighted by atomic mass is 32.2. The summed E-state index contributed by atoms with van der Waals surface area (Å²) in [6, 6.07) is 19.4. The summed E-state index contributed by atoms with van der Waals surface area (Å²) in [6.07, 6.45) is -0.444. The zero-order valence-electron chi connectivity index (χ0n) is 25.3. The van der Waals surface area contributed by atoms with Crippen LogP contribution in [0.1, 0.15) is 37.0 Å². The summed E-state index contributed by atoms with van der Waals surface area (Å²) < 4.78 is 42.7. The van der Waals surface area contributed by atoms with Crippen molar-refractivity contribution in [2.45, 2.75) is 46.4 Å². The fourth-order valence-electron chi connectivity index (χ4n) is 5.10. The molecule has 236 valence electrons. The summed E-state index contributed by atoms with van der Waals surface area (Å²) in [5.74, 6) is 1.26. The number of alkyl halides is 3. The van der Waals surface area contributed by atoms with Gasteiger partial charge in [-0.1, -0.05) is 68.4 Å². The van der Waals surface area contributed by atoms with E-state index in [4.69, 9.17) is 0 Å². The third-order valence-corrected chi connectivity index (χ3v) is 8.21. The first-order valence-corrected chi connectivity index (χ1v) is 15.8. The Morgan fingerprint density at radius 2 is 1.87 bits per heavy atom. The third-order valence-electron chi connectivity index (χ3n) is 7.25. The largest absolute Gasteiger partial charge is 0.573 e. The predicted octanol–water partition coefficient (Wildman–Crippen LogP) is 7.59. The summed E-state index contributed by atoms with van der Waals surface area (Å²) in [5, 5.41) is 8.16. The number of anilines is 1. The van der Waals surface area contributed by atoms with E-state index in [2.05, 4.69) is 69.0 Å². The standard InChI is InChI=1S/C33H35F3N6O2S/c1-4-5-25-9-6-22(2)19-29(25)41-16-17-45-32(41)39-31(43)37-20-23(3)18-24-7-10-26(11-8-24)30-38-21-42(40-30)27-12-14-28(15-13-27)44-33(34,35)36/h6-15,19,21,23H,4-5,16-18,20H2,1-3H3,(H,37,43)/b39-32-.